The van der Waals surface area contributed by atoms with E-state index in [9.17, 15) is 0 Å². The molecular formula is C20H20IP. The monoisotopic (exact) mass is 418 g/mol. The molecule has 0 unspecified atom stereocenters. The molecule has 0 radical (unpaired) electrons. The summed E-state index contributed by atoms with van der Waals surface area (Å²) < 4.78 is 1.22. The van der Waals surface area contributed by atoms with Gasteiger partial charge in [-0.2, -0.15) is 0 Å². The van der Waals surface area contributed by atoms with Crippen LogP contribution in [0.1, 0.15) is 6.92 Å². The van der Waals surface area contributed by atoms with E-state index < -0.39 is 7.92 Å². The average molecular weight is 418 g/mol. The Morgan fingerprint density at radius 2 is 0.818 bits per heavy atom. The molecule has 0 nitrogen and oxygen atoms in total. The number of alkyl halides is 1. The van der Waals surface area contributed by atoms with Crippen molar-refractivity contribution >= 4 is 46.4 Å². The molecule has 0 heterocycles. The maximum atomic E-state index is 2.29. The molecule has 0 amide bonds. The minimum atomic E-state index is -0.446. The fourth-order valence-corrected chi connectivity index (χ4v) is 4.48. The van der Waals surface area contributed by atoms with Gasteiger partial charge in [-0.15, -0.1) is 0 Å². The highest BCUT2D eigenvalue weighted by atomic mass is 127. The van der Waals surface area contributed by atoms with Gasteiger partial charge in [0.2, 0.25) is 0 Å². The number of hydrogen-bond acceptors (Lipinski definition) is 0. The van der Waals surface area contributed by atoms with E-state index in [0.29, 0.717) is 0 Å². The van der Waals surface area contributed by atoms with Crippen LogP contribution in [0, 0.1) is 0 Å². The van der Waals surface area contributed by atoms with E-state index in [0.717, 1.165) is 0 Å². The van der Waals surface area contributed by atoms with Gasteiger partial charge in [-0.05, 0) is 28.3 Å². The topological polar surface area (TPSA) is 0 Å². The van der Waals surface area contributed by atoms with Gasteiger partial charge < -0.3 is 0 Å². The summed E-state index contributed by atoms with van der Waals surface area (Å²) in [6.45, 7) is 2.11. The first-order valence-electron chi connectivity index (χ1n) is 7.38. The Kier molecular flexibility index (Phi) is 7.62. The number of halogens is 1. The third kappa shape index (κ3) is 4.93. The molecule has 0 spiro atoms. The van der Waals surface area contributed by atoms with E-state index >= 15 is 0 Å². The van der Waals surface area contributed by atoms with Crippen molar-refractivity contribution in [3.8, 4) is 0 Å². The summed E-state index contributed by atoms with van der Waals surface area (Å²) in [7, 11) is -0.446. The van der Waals surface area contributed by atoms with Crippen molar-refractivity contribution in [1.29, 1.82) is 0 Å². The second kappa shape index (κ2) is 9.76. The Bertz CT molecular complexity index is 544. The molecule has 0 saturated carbocycles. The summed E-state index contributed by atoms with van der Waals surface area (Å²) in [4.78, 5) is 0. The molecule has 0 aromatic heterocycles. The highest BCUT2D eigenvalue weighted by Crippen LogP contribution is 2.32. The fraction of sp³-hybridized carbons (Fsp3) is 0.100. The molecule has 0 bridgehead atoms. The molecule has 0 N–H and O–H groups in total. The van der Waals surface area contributed by atoms with Crippen LogP contribution in [0.25, 0.3) is 0 Å². The molecule has 3 rings (SSSR count). The Balaban J connectivity index is 0.000000545. The van der Waals surface area contributed by atoms with Crippen molar-refractivity contribution in [3.63, 3.8) is 0 Å². The number of rotatable bonds is 3. The first-order chi connectivity index (χ1) is 10.9. The quantitative estimate of drug-likeness (QED) is 0.323. The van der Waals surface area contributed by atoms with Crippen LogP contribution >= 0.6 is 30.5 Å². The second-order valence-electron chi connectivity index (χ2n) is 4.61. The van der Waals surface area contributed by atoms with Crippen LogP contribution in [0.15, 0.2) is 91.0 Å². The van der Waals surface area contributed by atoms with Gasteiger partial charge in [-0.25, -0.2) is 0 Å². The van der Waals surface area contributed by atoms with Gasteiger partial charge in [-0.1, -0.05) is 121 Å². The molecular weight excluding hydrogens is 398 g/mol. The lowest BCUT2D eigenvalue weighted by Gasteiger charge is -2.18. The van der Waals surface area contributed by atoms with Crippen molar-refractivity contribution in [1.82, 2.24) is 0 Å². The zero-order valence-electron chi connectivity index (χ0n) is 12.7. The summed E-state index contributed by atoms with van der Waals surface area (Å²) in [6, 6.07) is 32.3. The first kappa shape index (κ1) is 17.2. The molecule has 3 aromatic rings. The zero-order chi connectivity index (χ0) is 15.6. The van der Waals surface area contributed by atoms with Crippen LogP contribution in [0.4, 0.5) is 0 Å². The molecule has 3 aromatic carbocycles. The third-order valence-electron chi connectivity index (χ3n) is 3.04. The smallest absolute Gasteiger partial charge is 0.00332 e. The summed E-state index contributed by atoms with van der Waals surface area (Å²) in [5.74, 6) is 0. The van der Waals surface area contributed by atoms with Crippen molar-refractivity contribution in [2.45, 2.75) is 6.92 Å². The molecule has 22 heavy (non-hydrogen) atoms. The molecule has 0 saturated heterocycles. The lowest BCUT2D eigenvalue weighted by atomic mass is 10.4. The summed E-state index contributed by atoms with van der Waals surface area (Å²) in [6.07, 6.45) is 0. The normalized spacial score (nSPS) is 9.95. The maximum absolute atomic E-state index is 2.29. The van der Waals surface area contributed by atoms with Crippen molar-refractivity contribution in [3.05, 3.63) is 91.0 Å². The summed E-state index contributed by atoms with van der Waals surface area (Å²) >= 11 is 2.29. The van der Waals surface area contributed by atoms with E-state index in [-0.39, 0.29) is 0 Å². The Morgan fingerprint density at radius 3 is 1.05 bits per heavy atom. The predicted molar refractivity (Wildman–Crippen MR) is 110 cm³/mol. The molecule has 0 fully saturated rings. The van der Waals surface area contributed by atoms with Gasteiger partial charge in [0.1, 0.15) is 0 Å². The standard InChI is InChI=1S/C18H15P.C2H5I/c1-4-10-16(11-5-1)19(17-12-6-2-7-13-17)18-14-8-3-9-15-18;1-2-3/h1-15H;2H2,1H3. The van der Waals surface area contributed by atoms with Crippen LogP contribution in [0.5, 0.6) is 0 Å². The number of benzene rings is 3. The third-order valence-corrected chi connectivity index (χ3v) is 5.49. The van der Waals surface area contributed by atoms with E-state index in [4.69, 9.17) is 0 Å². The van der Waals surface area contributed by atoms with E-state index in [1.54, 1.807) is 0 Å². The van der Waals surface area contributed by atoms with Crippen LogP contribution in [-0.2, 0) is 0 Å². The lowest BCUT2D eigenvalue weighted by Crippen LogP contribution is -2.20. The fourth-order valence-electron chi connectivity index (χ4n) is 2.18. The molecule has 2 heteroatoms. The van der Waals surface area contributed by atoms with Crippen molar-refractivity contribution < 1.29 is 0 Å². The van der Waals surface area contributed by atoms with E-state index in [1.165, 1.54) is 20.3 Å². The highest BCUT2D eigenvalue weighted by molar-refractivity contribution is 14.1. The van der Waals surface area contributed by atoms with E-state index in [1.807, 2.05) is 0 Å². The van der Waals surface area contributed by atoms with Gasteiger partial charge in [0.05, 0.1) is 0 Å². The molecule has 0 aliphatic rings. The van der Waals surface area contributed by atoms with Crippen LogP contribution in [0.2, 0.25) is 0 Å². The van der Waals surface area contributed by atoms with Crippen LogP contribution < -0.4 is 15.9 Å². The summed E-state index contributed by atoms with van der Waals surface area (Å²) in [5.41, 5.74) is 0. The Hall–Kier alpha value is -1.18. The molecule has 0 atom stereocenters. The number of hydrogen-bond donors (Lipinski definition) is 0. The van der Waals surface area contributed by atoms with Gasteiger partial charge in [0.15, 0.2) is 0 Å². The first-order valence-corrected chi connectivity index (χ1v) is 10.2. The Morgan fingerprint density at radius 1 is 0.591 bits per heavy atom. The van der Waals surface area contributed by atoms with Crippen molar-refractivity contribution in [2.75, 3.05) is 4.43 Å². The highest BCUT2D eigenvalue weighted by Gasteiger charge is 2.14. The van der Waals surface area contributed by atoms with Crippen LogP contribution in [0.3, 0.4) is 0 Å². The average Bonchev–Trinajstić information content (AvgIpc) is 2.59. The van der Waals surface area contributed by atoms with Crippen LogP contribution in [-0.4, -0.2) is 4.43 Å². The SMILES string of the molecule is CCI.c1ccc(P(c2ccccc2)c2ccccc2)cc1. The summed E-state index contributed by atoms with van der Waals surface area (Å²) in [5, 5.41) is 4.19. The molecule has 0 aliphatic heterocycles. The zero-order valence-corrected chi connectivity index (χ0v) is 15.7. The van der Waals surface area contributed by atoms with Gasteiger partial charge in [0, 0.05) is 0 Å². The maximum Gasteiger partial charge on any atom is -0.00332 e. The predicted octanol–water partition coefficient (Wildman–Crippen LogP) is 4.89. The molecule has 0 aliphatic carbocycles. The van der Waals surface area contributed by atoms with Crippen molar-refractivity contribution in [2.24, 2.45) is 0 Å². The molecule has 112 valence electrons. The minimum absolute atomic E-state index is 0.446. The van der Waals surface area contributed by atoms with E-state index in [2.05, 4.69) is 121 Å². The Labute approximate surface area is 148 Å². The largest absolute Gasteiger partial charge is 0.0867 e. The van der Waals surface area contributed by atoms with Gasteiger partial charge >= 0.3 is 0 Å². The van der Waals surface area contributed by atoms with Gasteiger partial charge in [0.25, 0.3) is 0 Å². The lowest BCUT2D eigenvalue weighted by molar-refractivity contribution is 1.58. The van der Waals surface area contributed by atoms with Gasteiger partial charge in [-0.3, -0.25) is 0 Å². The minimum Gasteiger partial charge on any atom is -0.0867 e. The second-order valence-corrected chi connectivity index (χ2v) is 8.35.